The van der Waals surface area contributed by atoms with Crippen LogP contribution in [0.5, 0.6) is 5.75 Å². The van der Waals surface area contributed by atoms with Gasteiger partial charge in [-0.25, -0.2) is 4.18 Å². The maximum absolute atomic E-state index is 11.6. The molecule has 0 saturated carbocycles. The second kappa shape index (κ2) is 15.6. The molecule has 1 aromatic rings. The third kappa shape index (κ3) is 14.8. The van der Waals surface area contributed by atoms with Crippen molar-refractivity contribution in [1.29, 1.82) is 0 Å². The molecule has 0 aliphatic carbocycles. The van der Waals surface area contributed by atoms with Crippen LogP contribution in [0.1, 0.15) is 71.1 Å². The third-order valence-electron chi connectivity index (χ3n) is 3.83. The van der Waals surface area contributed by atoms with Crippen LogP contribution < -0.4 is 4.18 Å². The fourth-order valence-corrected chi connectivity index (χ4v) is 4.23. The van der Waals surface area contributed by atoms with Crippen LogP contribution in [-0.4, -0.2) is 53.0 Å². The van der Waals surface area contributed by atoms with Gasteiger partial charge in [-0.05, 0) is 18.6 Å². The van der Waals surface area contributed by atoms with Crippen molar-refractivity contribution in [1.82, 2.24) is 0 Å². The molecule has 10 heteroatoms. The summed E-state index contributed by atoms with van der Waals surface area (Å²) in [7, 11) is -9.45. The van der Waals surface area contributed by atoms with Gasteiger partial charge in [-0.2, -0.15) is 16.8 Å². The van der Waals surface area contributed by atoms with Gasteiger partial charge in [-0.1, -0.05) is 86.5 Å². The molecule has 1 rings (SSSR count). The van der Waals surface area contributed by atoms with Crippen LogP contribution in [0.4, 0.5) is 0 Å². The first-order chi connectivity index (χ1) is 12.8. The van der Waals surface area contributed by atoms with Crippen molar-refractivity contribution < 1.29 is 28.8 Å². The first kappa shape index (κ1) is 27.8. The van der Waals surface area contributed by atoms with Crippen LogP contribution in [0.2, 0.25) is 0 Å². The molecule has 0 N–H and O–H groups in total. The molecule has 0 amide bonds. The zero-order valence-electron chi connectivity index (χ0n) is 15.8. The first-order valence-corrected chi connectivity index (χ1v) is 12.1. The molecule has 0 unspecified atom stereocenters. The molecule has 158 valence electrons. The molecule has 0 saturated heterocycles. The second-order valence-corrected chi connectivity index (χ2v) is 8.86. The summed E-state index contributed by atoms with van der Waals surface area (Å²) in [6.07, 6.45) is 10.9. The minimum atomic E-state index is -4.77. The van der Waals surface area contributed by atoms with Crippen molar-refractivity contribution in [3.05, 3.63) is 30.3 Å². The number of hydrogen-bond donors (Lipinski definition) is 0. The molecule has 0 heterocycles. The van der Waals surface area contributed by atoms with Gasteiger partial charge in [0.15, 0.2) is 0 Å². The maximum atomic E-state index is 11.6. The van der Waals surface area contributed by atoms with Gasteiger partial charge in [0, 0.05) is 0 Å². The van der Waals surface area contributed by atoms with Crippen molar-refractivity contribution in [2.75, 3.05) is 6.61 Å². The Hall–Kier alpha value is -0.160. The summed E-state index contributed by atoms with van der Waals surface area (Å²) in [5.74, 6) is -0.0533. The SMILES string of the molecule is CCCCCCCCCCCCOS(=O)(=O)OS(=O)(=O)Oc1ccccc1.[NaH]. The third-order valence-corrected chi connectivity index (χ3v) is 6.02. The Kier molecular flexibility index (Phi) is 15.6. The zero-order chi connectivity index (χ0) is 20.0. The molecule has 0 aromatic heterocycles. The molecule has 28 heavy (non-hydrogen) atoms. The van der Waals surface area contributed by atoms with Crippen LogP contribution in [0.25, 0.3) is 0 Å². The Balaban J connectivity index is 0.00000729. The van der Waals surface area contributed by atoms with E-state index in [-0.39, 0.29) is 41.9 Å². The van der Waals surface area contributed by atoms with E-state index in [0.29, 0.717) is 6.42 Å². The number of rotatable bonds is 16. The average molecular weight is 447 g/mol. The van der Waals surface area contributed by atoms with E-state index in [2.05, 4.69) is 18.9 Å². The van der Waals surface area contributed by atoms with Crippen LogP contribution in [0.15, 0.2) is 30.3 Å². The van der Waals surface area contributed by atoms with E-state index in [1.165, 1.54) is 50.7 Å². The van der Waals surface area contributed by atoms with E-state index >= 15 is 0 Å². The van der Waals surface area contributed by atoms with Crippen LogP contribution in [0, 0.1) is 0 Å². The Bertz CT molecular complexity index is 707. The van der Waals surface area contributed by atoms with Crippen LogP contribution >= 0.6 is 0 Å². The summed E-state index contributed by atoms with van der Waals surface area (Å²) >= 11 is 0. The Morgan fingerprint density at radius 3 is 1.75 bits per heavy atom. The number of hydrogen-bond acceptors (Lipinski definition) is 7. The first-order valence-electron chi connectivity index (χ1n) is 9.44. The molecular weight excluding hydrogens is 415 g/mol. The van der Waals surface area contributed by atoms with Gasteiger partial charge in [0.25, 0.3) is 0 Å². The van der Waals surface area contributed by atoms with E-state index in [1.54, 1.807) is 18.2 Å². The normalized spacial score (nSPS) is 11.8. The van der Waals surface area contributed by atoms with E-state index in [0.717, 1.165) is 19.3 Å². The van der Waals surface area contributed by atoms with E-state index in [4.69, 9.17) is 0 Å². The number of unbranched alkanes of at least 4 members (excludes halogenated alkanes) is 9. The molecule has 7 nitrogen and oxygen atoms in total. The number of benzene rings is 1. The van der Waals surface area contributed by atoms with E-state index in [1.807, 2.05) is 0 Å². The van der Waals surface area contributed by atoms with Gasteiger partial charge in [-0.15, -0.1) is 0 Å². The van der Waals surface area contributed by atoms with Crippen molar-refractivity contribution >= 4 is 50.4 Å². The van der Waals surface area contributed by atoms with Gasteiger partial charge >= 0.3 is 50.4 Å². The molecule has 0 aliphatic heterocycles. The molecule has 1 aromatic carbocycles. The monoisotopic (exact) mass is 446 g/mol. The van der Waals surface area contributed by atoms with E-state index < -0.39 is 20.8 Å². The predicted octanol–water partition coefficient (Wildman–Crippen LogP) is 3.86. The molecule has 0 bridgehead atoms. The summed E-state index contributed by atoms with van der Waals surface area (Å²) in [5.41, 5.74) is 0. The summed E-state index contributed by atoms with van der Waals surface area (Å²) in [5, 5.41) is 0. The summed E-state index contributed by atoms with van der Waals surface area (Å²) in [6.45, 7) is 2.07. The summed E-state index contributed by atoms with van der Waals surface area (Å²) < 4.78 is 59.5. The van der Waals surface area contributed by atoms with E-state index in [9.17, 15) is 16.8 Å². The number of para-hydroxylation sites is 1. The Morgan fingerprint density at radius 1 is 0.714 bits per heavy atom. The molecule has 0 spiro atoms. The van der Waals surface area contributed by atoms with Crippen molar-refractivity contribution in [2.24, 2.45) is 0 Å². The van der Waals surface area contributed by atoms with Crippen molar-refractivity contribution in [2.45, 2.75) is 71.1 Å². The second-order valence-electron chi connectivity index (χ2n) is 6.28. The average Bonchev–Trinajstić information content (AvgIpc) is 2.59. The van der Waals surface area contributed by atoms with Crippen LogP contribution in [0.3, 0.4) is 0 Å². The Labute approximate surface area is 192 Å². The van der Waals surface area contributed by atoms with Gasteiger partial charge in [0.2, 0.25) is 0 Å². The molecule has 0 aliphatic rings. The zero-order valence-corrected chi connectivity index (χ0v) is 17.5. The molecule has 0 atom stereocenters. The topological polar surface area (TPSA) is 96.0 Å². The predicted molar refractivity (Wildman–Crippen MR) is 111 cm³/mol. The molecule has 0 fully saturated rings. The quantitative estimate of drug-likeness (QED) is 0.281. The van der Waals surface area contributed by atoms with Gasteiger partial charge < -0.3 is 4.18 Å². The van der Waals surface area contributed by atoms with Gasteiger partial charge in [0.1, 0.15) is 5.75 Å². The van der Waals surface area contributed by atoms with Crippen molar-refractivity contribution in [3.8, 4) is 5.75 Å². The standard InChI is InChI=1S/C18H30O7S2.Na.H/c1-2-3-4-5-6-7-8-9-10-14-17-23-26(19,20)25-27(21,22)24-18-15-12-11-13-16-18;;/h11-13,15-16H,2-10,14,17H2,1H3;;. The summed E-state index contributed by atoms with van der Waals surface area (Å²) in [4.78, 5) is 0. The van der Waals surface area contributed by atoms with Crippen molar-refractivity contribution in [3.63, 3.8) is 0 Å². The fourth-order valence-electron chi connectivity index (χ4n) is 2.48. The molecular formula is C18H31NaO7S2. The van der Waals surface area contributed by atoms with Crippen LogP contribution in [-0.2, 0) is 28.6 Å². The minimum absolute atomic E-state index is 0. The fraction of sp³-hybridized carbons (Fsp3) is 0.667. The Morgan fingerprint density at radius 2 is 1.21 bits per heavy atom. The van der Waals surface area contributed by atoms with Gasteiger partial charge in [-0.3, -0.25) is 0 Å². The summed E-state index contributed by atoms with van der Waals surface area (Å²) in [6, 6.07) is 7.46. The van der Waals surface area contributed by atoms with Gasteiger partial charge in [0.05, 0.1) is 6.61 Å². The molecule has 0 radical (unpaired) electrons.